The Morgan fingerprint density at radius 2 is 2.07 bits per heavy atom. The van der Waals surface area contributed by atoms with E-state index in [4.69, 9.17) is 5.73 Å². The van der Waals surface area contributed by atoms with E-state index in [2.05, 4.69) is 32.1 Å². The first-order valence-electron chi connectivity index (χ1n) is 9.13. The van der Waals surface area contributed by atoms with Gasteiger partial charge in [-0.3, -0.25) is 0 Å². The first-order chi connectivity index (χ1) is 13.7. The minimum absolute atomic E-state index is 0.368. The first-order valence-corrected chi connectivity index (χ1v) is 9.13. The molecule has 4 heterocycles. The predicted molar refractivity (Wildman–Crippen MR) is 110 cm³/mol. The molecular formula is C22H19N5O. The molecule has 0 bridgehead atoms. The van der Waals surface area contributed by atoms with Crippen LogP contribution in [0.15, 0.2) is 67.3 Å². The molecule has 6 heteroatoms. The summed E-state index contributed by atoms with van der Waals surface area (Å²) in [5.74, 6) is 0. The van der Waals surface area contributed by atoms with Gasteiger partial charge in [-0.25, -0.2) is 4.98 Å². The second-order valence-corrected chi connectivity index (χ2v) is 6.96. The largest absolute Gasteiger partial charge is 0.399 e. The number of allylic oxidation sites excluding steroid dienone is 1. The van der Waals surface area contributed by atoms with Crippen LogP contribution < -0.4 is 11.1 Å². The van der Waals surface area contributed by atoms with Crippen molar-refractivity contribution in [3.05, 3.63) is 78.5 Å². The molecule has 138 valence electrons. The molecule has 1 unspecified atom stereocenters. The summed E-state index contributed by atoms with van der Waals surface area (Å²) < 4.78 is 2.11. The van der Waals surface area contributed by atoms with E-state index in [1.165, 1.54) is 0 Å². The number of aromatic amines is 1. The lowest BCUT2D eigenvalue weighted by Crippen LogP contribution is -2.26. The van der Waals surface area contributed by atoms with E-state index in [9.17, 15) is 4.79 Å². The standard InChI is InChI=1S/C22H19N5O/c23-16-5-3-14(4-6-16)8-17-10-25-20(13-28)21-9-15(12-27(17)21)19-11-26-22-18(19)2-1-7-24-22/h1-7,9-13,20,25H,8,23H2,(H,24,26). The summed E-state index contributed by atoms with van der Waals surface area (Å²) in [5.41, 5.74) is 12.7. The Kier molecular flexibility index (Phi) is 3.76. The molecule has 6 nitrogen and oxygen atoms in total. The number of nitrogen functional groups attached to an aromatic ring is 1. The smallest absolute Gasteiger partial charge is 0.148 e. The molecule has 4 N–H and O–H groups in total. The lowest BCUT2D eigenvalue weighted by molar-refractivity contribution is -0.109. The van der Waals surface area contributed by atoms with E-state index < -0.39 is 0 Å². The average Bonchev–Trinajstić information content (AvgIpc) is 3.34. The summed E-state index contributed by atoms with van der Waals surface area (Å²) in [5, 5.41) is 4.27. The van der Waals surface area contributed by atoms with E-state index in [0.29, 0.717) is 0 Å². The lowest BCUT2D eigenvalue weighted by Gasteiger charge is -2.23. The third kappa shape index (κ3) is 2.66. The number of nitrogens with zero attached hydrogens (tertiary/aromatic N) is 2. The van der Waals surface area contributed by atoms with Crippen molar-refractivity contribution in [1.82, 2.24) is 19.9 Å². The number of hydrogen-bond donors (Lipinski definition) is 3. The molecule has 1 aliphatic heterocycles. The maximum atomic E-state index is 11.6. The number of nitrogens with one attached hydrogen (secondary N) is 2. The number of aldehydes is 1. The number of H-pyrrole nitrogens is 1. The Morgan fingerprint density at radius 1 is 1.21 bits per heavy atom. The van der Waals surface area contributed by atoms with Crippen LogP contribution in [0.2, 0.25) is 0 Å². The van der Waals surface area contributed by atoms with E-state index in [1.54, 1.807) is 6.20 Å². The number of fused-ring (bicyclic) bond motifs is 2. The number of anilines is 1. The molecule has 0 aliphatic carbocycles. The predicted octanol–water partition coefficient (Wildman–Crippen LogP) is 3.50. The van der Waals surface area contributed by atoms with Gasteiger partial charge >= 0.3 is 0 Å². The van der Waals surface area contributed by atoms with Crippen LogP contribution in [0.5, 0.6) is 0 Å². The van der Waals surface area contributed by atoms with Gasteiger partial charge in [0.05, 0.1) is 5.69 Å². The molecule has 1 aliphatic rings. The van der Waals surface area contributed by atoms with Crippen LogP contribution in [-0.2, 0) is 11.2 Å². The monoisotopic (exact) mass is 369 g/mol. The van der Waals surface area contributed by atoms with Gasteiger partial charge in [-0.05, 0) is 35.9 Å². The first kappa shape index (κ1) is 16.4. The van der Waals surface area contributed by atoms with Gasteiger partial charge < -0.3 is 25.4 Å². The number of carbonyl (C=O) groups is 1. The minimum atomic E-state index is -0.368. The van der Waals surface area contributed by atoms with Crippen molar-refractivity contribution in [2.75, 3.05) is 5.73 Å². The van der Waals surface area contributed by atoms with Crippen LogP contribution in [0.1, 0.15) is 17.3 Å². The van der Waals surface area contributed by atoms with Crippen molar-refractivity contribution in [1.29, 1.82) is 0 Å². The van der Waals surface area contributed by atoms with E-state index >= 15 is 0 Å². The Morgan fingerprint density at radius 3 is 2.89 bits per heavy atom. The summed E-state index contributed by atoms with van der Waals surface area (Å²) in [7, 11) is 0. The highest BCUT2D eigenvalue weighted by Gasteiger charge is 2.23. The highest BCUT2D eigenvalue weighted by molar-refractivity contribution is 5.94. The van der Waals surface area contributed by atoms with Crippen molar-refractivity contribution in [2.24, 2.45) is 0 Å². The van der Waals surface area contributed by atoms with Gasteiger partial charge in [0, 0.05) is 59.1 Å². The van der Waals surface area contributed by atoms with Crippen molar-refractivity contribution >= 4 is 28.7 Å². The molecule has 0 spiro atoms. The number of rotatable bonds is 4. The molecule has 1 aromatic carbocycles. The summed E-state index contributed by atoms with van der Waals surface area (Å²) in [6.45, 7) is 0. The molecular weight excluding hydrogens is 350 g/mol. The van der Waals surface area contributed by atoms with Crippen molar-refractivity contribution < 1.29 is 4.79 Å². The number of carbonyl (C=O) groups excluding carboxylic acids is 1. The number of benzene rings is 1. The Balaban J connectivity index is 1.57. The molecule has 0 fully saturated rings. The SMILES string of the molecule is Nc1ccc(CC2=CNC(C=O)c3cc(-c4c[nH]c5ncccc45)cn32)cc1. The van der Waals surface area contributed by atoms with Crippen molar-refractivity contribution in [3.8, 4) is 11.1 Å². The maximum absolute atomic E-state index is 11.6. The van der Waals surface area contributed by atoms with Gasteiger partial charge in [-0.2, -0.15) is 0 Å². The summed E-state index contributed by atoms with van der Waals surface area (Å²) in [6.07, 6.45) is 9.41. The van der Waals surface area contributed by atoms with Crippen LogP contribution in [0.3, 0.4) is 0 Å². The summed E-state index contributed by atoms with van der Waals surface area (Å²) in [6, 6.07) is 13.5. The zero-order valence-electron chi connectivity index (χ0n) is 15.1. The fourth-order valence-corrected chi connectivity index (χ4v) is 3.74. The summed E-state index contributed by atoms with van der Waals surface area (Å²) in [4.78, 5) is 19.2. The van der Waals surface area contributed by atoms with Gasteiger partial charge in [-0.15, -0.1) is 0 Å². The second kappa shape index (κ2) is 6.42. The number of hydrogen-bond acceptors (Lipinski definition) is 4. The van der Waals surface area contributed by atoms with Gasteiger partial charge in [0.25, 0.3) is 0 Å². The van der Waals surface area contributed by atoms with Crippen LogP contribution >= 0.6 is 0 Å². The fraction of sp³-hybridized carbons (Fsp3) is 0.0909. The zero-order chi connectivity index (χ0) is 19.1. The molecule has 0 saturated carbocycles. The van der Waals surface area contributed by atoms with Gasteiger partial charge in [0.2, 0.25) is 0 Å². The van der Waals surface area contributed by atoms with Gasteiger partial charge in [0.15, 0.2) is 0 Å². The molecule has 0 amide bonds. The third-order valence-corrected chi connectivity index (χ3v) is 5.17. The van der Waals surface area contributed by atoms with Crippen LogP contribution in [0, 0.1) is 0 Å². The van der Waals surface area contributed by atoms with E-state index in [0.717, 1.165) is 57.5 Å². The highest BCUT2D eigenvalue weighted by Crippen LogP contribution is 2.34. The second-order valence-electron chi connectivity index (χ2n) is 6.96. The van der Waals surface area contributed by atoms with Gasteiger partial charge in [0.1, 0.15) is 18.0 Å². The van der Waals surface area contributed by atoms with E-state index in [-0.39, 0.29) is 6.04 Å². The molecule has 0 saturated heterocycles. The highest BCUT2D eigenvalue weighted by atomic mass is 16.1. The summed E-state index contributed by atoms with van der Waals surface area (Å²) >= 11 is 0. The van der Waals surface area contributed by atoms with Crippen LogP contribution in [0.25, 0.3) is 27.9 Å². The number of nitrogens with two attached hydrogens (primary N) is 1. The van der Waals surface area contributed by atoms with Gasteiger partial charge in [-0.1, -0.05) is 12.1 Å². The Bertz CT molecular complexity index is 1200. The normalized spacial score (nSPS) is 15.7. The van der Waals surface area contributed by atoms with Crippen LogP contribution in [0.4, 0.5) is 5.69 Å². The Labute approximate surface area is 161 Å². The maximum Gasteiger partial charge on any atom is 0.148 e. The molecule has 5 rings (SSSR count). The lowest BCUT2D eigenvalue weighted by atomic mass is 10.1. The fourth-order valence-electron chi connectivity index (χ4n) is 3.74. The van der Waals surface area contributed by atoms with Crippen LogP contribution in [-0.4, -0.2) is 20.8 Å². The number of aromatic nitrogens is 3. The molecule has 28 heavy (non-hydrogen) atoms. The molecule has 3 aromatic heterocycles. The third-order valence-electron chi connectivity index (χ3n) is 5.17. The topological polar surface area (TPSA) is 88.7 Å². The van der Waals surface area contributed by atoms with Crippen molar-refractivity contribution in [3.63, 3.8) is 0 Å². The zero-order valence-corrected chi connectivity index (χ0v) is 15.1. The quantitative estimate of drug-likeness (QED) is 0.379. The average molecular weight is 369 g/mol. The molecule has 1 atom stereocenters. The number of pyridine rings is 1. The van der Waals surface area contributed by atoms with E-state index in [1.807, 2.05) is 48.8 Å². The molecule has 4 aromatic rings. The minimum Gasteiger partial charge on any atom is -0.399 e. The Hall–Kier alpha value is -3.80. The van der Waals surface area contributed by atoms with Crippen molar-refractivity contribution in [2.45, 2.75) is 12.5 Å². The molecule has 0 radical (unpaired) electrons.